The van der Waals surface area contributed by atoms with Crippen molar-refractivity contribution in [3.05, 3.63) is 58.7 Å². The van der Waals surface area contributed by atoms with Gasteiger partial charge in [-0.2, -0.15) is 13.2 Å². The van der Waals surface area contributed by atoms with Gasteiger partial charge in [-0.1, -0.05) is 25.1 Å². The summed E-state index contributed by atoms with van der Waals surface area (Å²) in [6, 6.07) is 9.55. The predicted molar refractivity (Wildman–Crippen MR) is 107 cm³/mol. The van der Waals surface area contributed by atoms with Crippen LogP contribution in [0, 0.1) is 6.92 Å². The van der Waals surface area contributed by atoms with Crippen molar-refractivity contribution in [1.29, 1.82) is 0 Å². The monoisotopic (exact) mass is 415 g/mol. The number of nitrogens with one attached hydrogen (secondary N) is 1. The average Bonchev–Trinajstić information content (AvgIpc) is 2.64. The molecule has 0 radical (unpaired) electrons. The molecule has 0 aliphatic heterocycles. The molecule has 2 rings (SSSR count). The Morgan fingerprint density at radius 3 is 2.52 bits per heavy atom. The lowest BCUT2D eigenvalue weighted by Crippen LogP contribution is -2.18. The van der Waals surface area contributed by atoms with Crippen LogP contribution in [-0.4, -0.2) is 12.3 Å². The molecule has 0 spiro atoms. The van der Waals surface area contributed by atoms with Crippen molar-refractivity contribution >= 4 is 32.0 Å². The van der Waals surface area contributed by atoms with Crippen LogP contribution >= 0.6 is 0 Å². The van der Waals surface area contributed by atoms with Gasteiger partial charge in [0.25, 0.3) is 0 Å². The fourth-order valence-corrected chi connectivity index (χ4v) is 3.13. The summed E-state index contributed by atoms with van der Waals surface area (Å²) in [5.74, 6) is 0.545. The van der Waals surface area contributed by atoms with E-state index in [-0.39, 0.29) is 23.0 Å². The van der Waals surface area contributed by atoms with Gasteiger partial charge in [-0.25, -0.2) is 0 Å². The highest BCUT2D eigenvalue weighted by Crippen LogP contribution is 2.36. The maximum absolute atomic E-state index is 13.5. The first kappa shape index (κ1) is 21.4. The third kappa shape index (κ3) is 5.54. The van der Waals surface area contributed by atoms with Gasteiger partial charge in [-0.15, -0.1) is 0 Å². The molecule has 0 amide bonds. The van der Waals surface area contributed by atoms with Gasteiger partial charge in [-0.3, -0.25) is 0 Å². The van der Waals surface area contributed by atoms with Crippen molar-refractivity contribution in [2.24, 2.45) is 0 Å². The molecule has 0 saturated heterocycles. The molecule has 27 heavy (non-hydrogen) atoms. The van der Waals surface area contributed by atoms with E-state index >= 15 is 0 Å². The summed E-state index contributed by atoms with van der Waals surface area (Å²) in [6.45, 7) is 3.66. The molecule has 1 N–H and O–H groups in total. The van der Waals surface area contributed by atoms with Crippen LogP contribution in [0.5, 0.6) is 5.75 Å². The van der Waals surface area contributed by atoms with E-state index in [4.69, 9.17) is 20.7 Å². The van der Waals surface area contributed by atoms with Crippen LogP contribution in [0.1, 0.15) is 29.2 Å². The number of methoxy groups -OCH3 is 1. The Balaban J connectivity index is 2.39. The zero-order chi connectivity index (χ0) is 20.0. The minimum Gasteiger partial charge on any atom is -0.489 e. The highest BCUT2D eigenvalue weighted by atomic mass is 32.8. The SMILES string of the molecule is CCc1ccc(OCc2c(NC(OC)=S=S)cccc2C(F)(F)F)c(C)c1. The Hall–Kier alpha value is -1.90. The summed E-state index contributed by atoms with van der Waals surface area (Å²) in [6.07, 6.45) is -3.63. The van der Waals surface area contributed by atoms with Crippen LogP contribution in [0.15, 0.2) is 36.4 Å². The van der Waals surface area contributed by atoms with Gasteiger partial charge in [-0.05, 0) is 63.8 Å². The number of aryl methyl sites for hydroxylation is 2. The first-order valence-corrected chi connectivity index (χ1v) is 9.93. The molecule has 0 fully saturated rings. The molecule has 0 unspecified atom stereocenters. The second kappa shape index (κ2) is 9.34. The summed E-state index contributed by atoms with van der Waals surface area (Å²) >= 11 is 4.84. The molecule has 0 atom stereocenters. The van der Waals surface area contributed by atoms with E-state index in [0.29, 0.717) is 5.75 Å². The van der Waals surface area contributed by atoms with E-state index in [2.05, 4.69) is 5.32 Å². The number of ether oxygens (including phenoxy) is 2. The van der Waals surface area contributed by atoms with E-state index in [0.717, 1.165) is 33.5 Å². The van der Waals surface area contributed by atoms with Gasteiger partial charge < -0.3 is 14.8 Å². The predicted octanol–water partition coefficient (Wildman–Crippen LogP) is 4.85. The average molecular weight is 416 g/mol. The lowest BCUT2D eigenvalue weighted by atomic mass is 10.0. The standard InChI is InChI=1S/C19H20F3NO2S2/c1-4-13-8-9-17(12(2)10-13)25-11-14-15(19(20,21)22)6-5-7-16(14)23-18(24-3)27-26/h5-10,23H,4,11H2,1-3H3. The molecule has 0 aliphatic carbocycles. The summed E-state index contributed by atoms with van der Waals surface area (Å²) in [5.41, 5.74) is 1.47. The highest BCUT2D eigenvalue weighted by molar-refractivity contribution is 8.17. The first-order valence-electron chi connectivity index (χ1n) is 8.19. The Morgan fingerprint density at radius 1 is 1.22 bits per heavy atom. The van der Waals surface area contributed by atoms with E-state index < -0.39 is 11.7 Å². The van der Waals surface area contributed by atoms with E-state index in [1.54, 1.807) is 6.07 Å². The minimum atomic E-state index is -4.51. The number of anilines is 1. The number of hydrogen-bond donors (Lipinski definition) is 1. The highest BCUT2D eigenvalue weighted by Gasteiger charge is 2.34. The van der Waals surface area contributed by atoms with Gasteiger partial charge in [0.05, 0.1) is 5.56 Å². The van der Waals surface area contributed by atoms with Gasteiger partial charge in [0.1, 0.15) is 12.4 Å². The quantitative estimate of drug-likeness (QED) is 0.708. The van der Waals surface area contributed by atoms with E-state index in [1.165, 1.54) is 19.2 Å². The van der Waals surface area contributed by atoms with Gasteiger partial charge in [0.2, 0.25) is 5.17 Å². The molecule has 3 nitrogen and oxygen atoms in total. The lowest BCUT2D eigenvalue weighted by Gasteiger charge is -2.19. The van der Waals surface area contributed by atoms with Crippen LogP contribution in [-0.2, 0) is 45.0 Å². The Kier molecular flexibility index (Phi) is 7.41. The van der Waals surface area contributed by atoms with Crippen LogP contribution < -0.4 is 10.1 Å². The number of halogens is 3. The first-order chi connectivity index (χ1) is 12.8. The second-order valence-electron chi connectivity index (χ2n) is 5.77. The molecule has 0 aromatic heterocycles. The molecule has 2 aromatic carbocycles. The van der Waals surface area contributed by atoms with Crippen LogP contribution in [0.4, 0.5) is 18.9 Å². The van der Waals surface area contributed by atoms with Crippen LogP contribution in [0.3, 0.4) is 0 Å². The number of alkyl halides is 3. The summed E-state index contributed by atoms with van der Waals surface area (Å²) in [4.78, 5) is 0. The van der Waals surface area contributed by atoms with E-state index in [9.17, 15) is 13.2 Å². The largest absolute Gasteiger partial charge is 0.489 e. The van der Waals surface area contributed by atoms with Gasteiger partial charge in [0.15, 0.2) is 0 Å². The molecule has 146 valence electrons. The summed E-state index contributed by atoms with van der Waals surface area (Å²) < 4.78 is 51.2. The fourth-order valence-electron chi connectivity index (χ4n) is 2.58. The zero-order valence-corrected chi connectivity index (χ0v) is 16.8. The zero-order valence-electron chi connectivity index (χ0n) is 15.1. The summed E-state index contributed by atoms with van der Waals surface area (Å²) in [5, 5.41) is 3.02. The van der Waals surface area contributed by atoms with Gasteiger partial charge in [0, 0.05) is 18.4 Å². The normalized spacial score (nSPS) is 11.2. The van der Waals surface area contributed by atoms with Crippen molar-refractivity contribution in [2.75, 3.05) is 12.4 Å². The molecule has 2 aromatic rings. The molecule has 8 heteroatoms. The topological polar surface area (TPSA) is 30.5 Å². The van der Waals surface area contributed by atoms with Crippen molar-refractivity contribution in [1.82, 2.24) is 0 Å². The third-order valence-electron chi connectivity index (χ3n) is 4.00. The van der Waals surface area contributed by atoms with Crippen molar-refractivity contribution in [2.45, 2.75) is 33.1 Å². The summed E-state index contributed by atoms with van der Waals surface area (Å²) in [7, 11) is 2.25. The molecule has 0 bridgehead atoms. The number of benzene rings is 2. The van der Waals surface area contributed by atoms with Crippen molar-refractivity contribution < 1.29 is 22.6 Å². The molecular formula is C19H20F3NO2S2. The van der Waals surface area contributed by atoms with Crippen LogP contribution in [0.25, 0.3) is 0 Å². The van der Waals surface area contributed by atoms with Crippen LogP contribution in [0.2, 0.25) is 0 Å². The van der Waals surface area contributed by atoms with Crippen molar-refractivity contribution in [3.63, 3.8) is 0 Å². The minimum absolute atomic E-state index is 0.0115. The number of rotatable bonds is 5. The third-order valence-corrected chi connectivity index (χ3v) is 4.87. The van der Waals surface area contributed by atoms with Gasteiger partial charge >= 0.3 is 6.18 Å². The maximum Gasteiger partial charge on any atom is 0.416 e. The Bertz CT molecular complexity index is 863. The fraction of sp³-hybridized carbons (Fsp3) is 0.316. The molecular weight excluding hydrogens is 395 g/mol. The smallest absolute Gasteiger partial charge is 0.416 e. The molecule has 0 heterocycles. The maximum atomic E-state index is 13.5. The Labute approximate surface area is 164 Å². The molecule has 0 aliphatic rings. The molecule has 0 saturated carbocycles. The Morgan fingerprint density at radius 2 is 1.96 bits per heavy atom. The van der Waals surface area contributed by atoms with E-state index in [1.807, 2.05) is 26.0 Å². The lowest BCUT2D eigenvalue weighted by molar-refractivity contribution is -0.138. The number of hydrogen-bond acceptors (Lipinski definition) is 3. The van der Waals surface area contributed by atoms with Crippen molar-refractivity contribution in [3.8, 4) is 5.75 Å². The second-order valence-corrected chi connectivity index (χ2v) is 6.81.